The smallest absolute Gasteiger partial charge is 0.350 e. The Balaban J connectivity index is 1.74. The normalized spacial score (nSPS) is 11.5. The average molecular weight is 419 g/mol. The Hall–Kier alpha value is -4.08. The van der Waals surface area contributed by atoms with Gasteiger partial charge >= 0.3 is 5.69 Å². The molecule has 0 fully saturated rings. The van der Waals surface area contributed by atoms with E-state index in [1.165, 1.54) is 22.3 Å². The van der Waals surface area contributed by atoms with Crippen LogP contribution in [0.15, 0.2) is 47.8 Å². The summed E-state index contributed by atoms with van der Waals surface area (Å²) < 4.78 is 24.9. The minimum Gasteiger partial charge on any atom is -0.492 e. The molecular weight excluding hydrogens is 401 g/mol. The van der Waals surface area contributed by atoms with Crippen molar-refractivity contribution in [2.45, 2.75) is 13.5 Å². The van der Waals surface area contributed by atoms with Crippen LogP contribution in [0.2, 0.25) is 0 Å². The highest BCUT2D eigenvalue weighted by molar-refractivity contribution is 5.91. The molecule has 0 spiro atoms. The third kappa shape index (κ3) is 2.79. The summed E-state index contributed by atoms with van der Waals surface area (Å²) in [5.74, 6) is -0.119. The van der Waals surface area contributed by atoms with Gasteiger partial charge in [0.1, 0.15) is 11.3 Å². The number of imidazole rings is 1. The monoisotopic (exact) mass is 419 g/mol. The number of benzene rings is 1. The van der Waals surface area contributed by atoms with Gasteiger partial charge in [0.05, 0.1) is 19.6 Å². The lowest BCUT2D eigenvalue weighted by atomic mass is 9.99. The Kier molecular flexibility index (Phi) is 4.28. The summed E-state index contributed by atoms with van der Waals surface area (Å²) in [6.45, 7) is 2.71. The van der Waals surface area contributed by atoms with Gasteiger partial charge in [-0.05, 0) is 30.7 Å². The fourth-order valence-electron chi connectivity index (χ4n) is 3.74. The summed E-state index contributed by atoms with van der Waals surface area (Å²) in [6.07, 6.45) is 4.89. The zero-order valence-electron chi connectivity index (χ0n) is 17.1. The van der Waals surface area contributed by atoms with E-state index in [1.807, 2.05) is 11.5 Å². The van der Waals surface area contributed by atoms with Crippen molar-refractivity contribution >= 4 is 16.8 Å². The van der Waals surface area contributed by atoms with Crippen LogP contribution in [0.5, 0.6) is 5.75 Å². The van der Waals surface area contributed by atoms with Crippen molar-refractivity contribution in [3.63, 3.8) is 0 Å². The maximum atomic E-state index is 14.9. The van der Waals surface area contributed by atoms with Crippen LogP contribution in [0.1, 0.15) is 6.92 Å². The van der Waals surface area contributed by atoms with E-state index in [1.54, 1.807) is 44.0 Å². The minimum absolute atomic E-state index is 0.310. The molecule has 0 radical (unpaired) electrons. The summed E-state index contributed by atoms with van der Waals surface area (Å²) in [6, 6.07) is 6.42. The number of aryl methyl sites for hydroxylation is 2. The van der Waals surface area contributed by atoms with Crippen molar-refractivity contribution in [2.24, 2.45) is 7.05 Å². The number of ether oxygens (including phenoxy) is 1. The first kappa shape index (κ1) is 18.9. The van der Waals surface area contributed by atoms with Crippen LogP contribution >= 0.6 is 0 Å². The molecule has 1 aromatic carbocycles. The lowest BCUT2D eigenvalue weighted by Crippen LogP contribution is -2.17. The number of fused-ring (bicyclic) bond motifs is 2. The lowest BCUT2D eigenvalue weighted by Gasteiger charge is -2.12. The molecule has 5 aromatic rings. The summed E-state index contributed by atoms with van der Waals surface area (Å²) in [7, 11) is 3.01. The molecule has 10 heteroatoms. The SMILES string of the molecule is CCn1cnc2c(-c3ccc(F)c(-c4ccn5c(=O)n(C)nc5c4OC)c3)cnnc21. The largest absolute Gasteiger partial charge is 0.492 e. The summed E-state index contributed by atoms with van der Waals surface area (Å²) >= 11 is 0. The molecule has 0 saturated heterocycles. The number of methoxy groups -OCH3 is 1. The van der Waals surface area contributed by atoms with Gasteiger partial charge in [0.15, 0.2) is 11.4 Å². The topological polar surface area (TPSA) is 92.1 Å². The van der Waals surface area contributed by atoms with Gasteiger partial charge in [-0.25, -0.2) is 23.3 Å². The van der Waals surface area contributed by atoms with Crippen LogP contribution in [0.3, 0.4) is 0 Å². The second-order valence-corrected chi connectivity index (χ2v) is 7.02. The molecule has 0 aliphatic heterocycles. The van der Waals surface area contributed by atoms with E-state index in [2.05, 4.69) is 20.3 Å². The zero-order chi connectivity index (χ0) is 21.7. The molecule has 5 rings (SSSR count). The minimum atomic E-state index is -0.429. The van der Waals surface area contributed by atoms with Gasteiger partial charge in [-0.3, -0.25) is 0 Å². The second kappa shape index (κ2) is 7.01. The van der Waals surface area contributed by atoms with Crippen molar-refractivity contribution in [1.82, 2.24) is 33.9 Å². The van der Waals surface area contributed by atoms with Gasteiger partial charge < -0.3 is 9.30 Å². The van der Waals surface area contributed by atoms with Crippen molar-refractivity contribution in [3.8, 4) is 28.0 Å². The maximum absolute atomic E-state index is 14.9. The van der Waals surface area contributed by atoms with E-state index in [9.17, 15) is 9.18 Å². The standard InChI is InChI=1S/C21H18FN7O2/c1-4-28-11-23-17-15(10-24-25-19(17)28)12-5-6-16(22)14(9-12)13-7-8-29-20(18(13)31-3)26-27(2)21(29)30/h5-11H,4H2,1-3H3. The van der Waals surface area contributed by atoms with Crippen LogP contribution in [0, 0.1) is 5.82 Å². The molecular formula is C21H18FN7O2. The Labute approximate surface area is 175 Å². The fraction of sp³-hybridized carbons (Fsp3) is 0.190. The zero-order valence-corrected chi connectivity index (χ0v) is 17.1. The number of hydrogen-bond acceptors (Lipinski definition) is 6. The molecule has 4 aromatic heterocycles. The van der Waals surface area contributed by atoms with E-state index in [4.69, 9.17) is 4.74 Å². The first-order chi connectivity index (χ1) is 15.0. The molecule has 0 aliphatic rings. The Morgan fingerprint density at radius 1 is 1.13 bits per heavy atom. The number of aromatic nitrogens is 7. The van der Waals surface area contributed by atoms with Crippen molar-refractivity contribution < 1.29 is 9.13 Å². The van der Waals surface area contributed by atoms with E-state index in [0.717, 1.165) is 11.1 Å². The second-order valence-electron chi connectivity index (χ2n) is 7.02. The first-order valence-electron chi connectivity index (χ1n) is 9.62. The van der Waals surface area contributed by atoms with Crippen LogP contribution in [0.4, 0.5) is 4.39 Å². The molecule has 4 heterocycles. The average Bonchev–Trinajstić information content (AvgIpc) is 3.34. The third-order valence-corrected chi connectivity index (χ3v) is 5.31. The van der Waals surface area contributed by atoms with Gasteiger partial charge in [0.25, 0.3) is 0 Å². The maximum Gasteiger partial charge on any atom is 0.350 e. The molecule has 0 aliphatic carbocycles. The number of halogens is 1. The van der Waals surface area contributed by atoms with Gasteiger partial charge in [0.2, 0.25) is 5.65 Å². The van der Waals surface area contributed by atoms with Gasteiger partial charge in [-0.1, -0.05) is 6.07 Å². The van der Waals surface area contributed by atoms with E-state index in [-0.39, 0.29) is 5.69 Å². The number of hydrogen-bond donors (Lipinski definition) is 0. The van der Waals surface area contributed by atoms with Crippen LogP contribution < -0.4 is 10.4 Å². The van der Waals surface area contributed by atoms with Crippen molar-refractivity contribution in [2.75, 3.05) is 7.11 Å². The predicted molar refractivity (Wildman–Crippen MR) is 112 cm³/mol. The number of nitrogens with zero attached hydrogens (tertiary/aromatic N) is 7. The highest BCUT2D eigenvalue weighted by Crippen LogP contribution is 2.37. The molecule has 0 amide bonds. The Morgan fingerprint density at radius 2 is 1.97 bits per heavy atom. The highest BCUT2D eigenvalue weighted by atomic mass is 19.1. The number of pyridine rings is 1. The molecule has 0 bridgehead atoms. The van der Waals surface area contributed by atoms with Crippen LogP contribution in [-0.4, -0.2) is 41.0 Å². The van der Waals surface area contributed by atoms with Crippen LogP contribution in [0.25, 0.3) is 39.1 Å². The van der Waals surface area contributed by atoms with Gasteiger partial charge in [-0.2, -0.15) is 5.10 Å². The van der Waals surface area contributed by atoms with E-state index < -0.39 is 5.82 Å². The lowest BCUT2D eigenvalue weighted by molar-refractivity contribution is 0.418. The Morgan fingerprint density at radius 3 is 2.74 bits per heavy atom. The van der Waals surface area contributed by atoms with Crippen molar-refractivity contribution in [3.05, 3.63) is 59.3 Å². The molecule has 0 N–H and O–H groups in total. The molecule has 156 valence electrons. The molecule has 9 nitrogen and oxygen atoms in total. The molecule has 31 heavy (non-hydrogen) atoms. The molecule has 0 atom stereocenters. The summed E-state index contributed by atoms with van der Waals surface area (Å²) in [5.41, 5.74) is 3.63. The van der Waals surface area contributed by atoms with Gasteiger partial charge in [-0.15, -0.1) is 10.2 Å². The number of rotatable bonds is 4. The van der Waals surface area contributed by atoms with E-state index >= 15 is 0 Å². The predicted octanol–water partition coefficient (Wildman–Crippen LogP) is 2.67. The molecule has 0 unspecified atom stereocenters. The summed E-state index contributed by atoms with van der Waals surface area (Å²) in [4.78, 5) is 16.7. The fourth-order valence-corrected chi connectivity index (χ4v) is 3.74. The van der Waals surface area contributed by atoms with Crippen molar-refractivity contribution in [1.29, 1.82) is 0 Å². The third-order valence-electron chi connectivity index (χ3n) is 5.31. The van der Waals surface area contributed by atoms with E-state index in [0.29, 0.717) is 40.2 Å². The molecule has 0 saturated carbocycles. The van der Waals surface area contributed by atoms with Crippen LogP contribution in [-0.2, 0) is 13.6 Å². The summed E-state index contributed by atoms with van der Waals surface area (Å²) in [5, 5.41) is 12.5. The highest BCUT2D eigenvalue weighted by Gasteiger charge is 2.19. The quantitative estimate of drug-likeness (QED) is 0.445. The first-order valence-corrected chi connectivity index (χ1v) is 9.62. The van der Waals surface area contributed by atoms with Gasteiger partial charge in [0, 0.05) is 36.5 Å². The Bertz CT molecular complexity index is 1520.